The van der Waals surface area contributed by atoms with E-state index >= 15 is 0 Å². The Labute approximate surface area is 157 Å². The zero-order valence-corrected chi connectivity index (χ0v) is 14.6. The van der Waals surface area contributed by atoms with E-state index in [-0.39, 0.29) is 21.7 Å². The van der Waals surface area contributed by atoms with Crippen LogP contribution in [0.15, 0.2) is 37.1 Å². The van der Waals surface area contributed by atoms with Gasteiger partial charge < -0.3 is 5.32 Å². The fourth-order valence-electron chi connectivity index (χ4n) is 3.77. The molecule has 0 aromatic carbocycles. The maximum atomic E-state index is 13.3. The van der Waals surface area contributed by atoms with Gasteiger partial charge in [-0.1, -0.05) is 6.08 Å². The van der Waals surface area contributed by atoms with Gasteiger partial charge in [0.25, 0.3) is 0 Å². The van der Waals surface area contributed by atoms with Crippen LogP contribution in [0.25, 0.3) is 11.4 Å². The van der Waals surface area contributed by atoms with E-state index in [1.807, 2.05) is 16.8 Å². The van der Waals surface area contributed by atoms with Crippen molar-refractivity contribution in [2.45, 2.75) is 44.1 Å². The zero-order valence-electron chi connectivity index (χ0n) is 14.6. The molecule has 0 spiro atoms. The van der Waals surface area contributed by atoms with Gasteiger partial charge in [0.1, 0.15) is 0 Å². The molecule has 5 rings (SSSR count). The first-order valence-corrected chi connectivity index (χ1v) is 9.07. The van der Waals surface area contributed by atoms with Crippen molar-refractivity contribution in [2.75, 3.05) is 5.32 Å². The van der Waals surface area contributed by atoms with Gasteiger partial charge in [-0.05, 0) is 18.4 Å². The lowest BCUT2D eigenvalue weighted by Crippen LogP contribution is -2.32. The van der Waals surface area contributed by atoms with Crippen LogP contribution in [0.4, 0.5) is 14.7 Å². The topological polar surface area (TPSA) is 68.0 Å². The Bertz CT molecular complexity index is 1040. The van der Waals surface area contributed by atoms with E-state index in [0.717, 1.165) is 22.4 Å². The normalized spacial score (nSPS) is 19.1. The number of aromatic nitrogens is 5. The molecule has 3 heterocycles. The van der Waals surface area contributed by atoms with Crippen LogP contribution >= 0.6 is 0 Å². The summed E-state index contributed by atoms with van der Waals surface area (Å²) in [6.45, 7) is 0. The first-order chi connectivity index (χ1) is 13.1. The number of hydrogen-bond donors (Lipinski definition) is 1. The van der Waals surface area contributed by atoms with Crippen LogP contribution in [0.3, 0.4) is 0 Å². The average Bonchev–Trinajstić information content (AvgIpc) is 3.29. The smallest absolute Gasteiger partial charge is 0.248 e. The fourth-order valence-corrected chi connectivity index (χ4v) is 3.77. The highest BCUT2D eigenvalue weighted by molar-refractivity contribution is 5.83. The van der Waals surface area contributed by atoms with E-state index in [4.69, 9.17) is 0 Å². The lowest BCUT2D eigenvalue weighted by atomic mass is 9.92. The second-order valence-electron chi connectivity index (χ2n) is 7.13. The summed E-state index contributed by atoms with van der Waals surface area (Å²) in [5.74, 6) is -1.35. The quantitative estimate of drug-likeness (QED) is 0.753. The van der Waals surface area contributed by atoms with Crippen molar-refractivity contribution in [1.29, 1.82) is 0 Å². The van der Waals surface area contributed by atoms with E-state index < -0.39 is 5.92 Å². The fraction of sp³-hybridized carbons (Fsp3) is 0.368. The minimum absolute atomic E-state index is 0. The molecule has 3 aromatic rings. The molecule has 27 heavy (non-hydrogen) atoms. The molecular formula is C19H22F2N6. The first kappa shape index (κ1) is 16.3. The third kappa shape index (κ3) is 3.05. The molecule has 8 heteroatoms. The average molecular weight is 372 g/mol. The number of rotatable bonds is 3. The van der Waals surface area contributed by atoms with E-state index in [2.05, 4.69) is 31.3 Å². The van der Waals surface area contributed by atoms with Gasteiger partial charge in [-0.3, -0.25) is 4.40 Å². The van der Waals surface area contributed by atoms with Crippen LogP contribution in [0.1, 0.15) is 45.4 Å². The third-order valence-electron chi connectivity index (χ3n) is 5.26. The van der Waals surface area contributed by atoms with Crippen LogP contribution in [0.2, 0.25) is 0 Å². The van der Waals surface area contributed by atoms with Crippen molar-refractivity contribution < 1.29 is 11.6 Å². The number of nitrogens with one attached hydrogen (secondary N) is 1. The summed E-state index contributed by atoms with van der Waals surface area (Å²) >= 11 is 0. The number of alkyl halides is 2. The zero-order chi connectivity index (χ0) is 18.4. The highest BCUT2D eigenvalue weighted by Crippen LogP contribution is 2.35. The van der Waals surface area contributed by atoms with E-state index in [1.165, 1.54) is 0 Å². The molecule has 3 aromatic heterocycles. The second-order valence-corrected chi connectivity index (χ2v) is 7.13. The summed E-state index contributed by atoms with van der Waals surface area (Å²) in [6, 6.07) is 0.00403. The van der Waals surface area contributed by atoms with Crippen molar-refractivity contribution in [3.63, 3.8) is 0 Å². The van der Waals surface area contributed by atoms with Crippen LogP contribution in [-0.2, 0) is 6.42 Å². The third-order valence-corrected chi connectivity index (χ3v) is 5.26. The predicted octanol–water partition coefficient (Wildman–Crippen LogP) is 3.99. The standard InChI is InChI=1S/C19H18F2N6.2H2/c20-19(21)5-3-13(4-6-19)25-17-23-10-15-14(1-2-16(15)26-17)12-9-24-18-22-7-8-27(18)11-12;;/h1,7-11,13H,2-6H2,(H,23,25,26);2*1H. The van der Waals surface area contributed by atoms with Crippen molar-refractivity contribution in [1.82, 2.24) is 24.3 Å². The molecule has 0 aliphatic heterocycles. The van der Waals surface area contributed by atoms with Crippen LogP contribution in [-0.4, -0.2) is 36.3 Å². The minimum Gasteiger partial charge on any atom is -0.351 e. The van der Waals surface area contributed by atoms with Crippen molar-refractivity contribution in [3.05, 3.63) is 53.9 Å². The van der Waals surface area contributed by atoms with Gasteiger partial charge in [0, 0.05) is 70.3 Å². The summed E-state index contributed by atoms with van der Waals surface area (Å²) < 4.78 is 28.5. The molecule has 1 fully saturated rings. The summed E-state index contributed by atoms with van der Waals surface area (Å²) in [6.07, 6.45) is 12.7. The summed E-state index contributed by atoms with van der Waals surface area (Å²) in [5.41, 5.74) is 3.96. The van der Waals surface area contributed by atoms with Crippen molar-refractivity contribution in [3.8, 4) is 0 Å². The molecule has 0 unspecified atom stereocenters. The molecule has 0 saturated heterocycles. The van der Waals surface area contributed by atoms with Gasteiger partial charge in [0.15, 0.2) is 0 Å². The first-order valence-electron chi connectivity index (χ1n) is 9.07. The van der Waals surface area contributed by atoms with Crippen LogP contribution in [0.5, 0.6) is 0 Å². The van der Waals surface area contributed by atoms with Crippen LogP contribution < -0.4 is 5.32 Å². The number of nitrogens with zero attached hydrogens (tertiary/aromatic N) is 5. The highest BCUT2D eigenvalue weighted by Gasteiger charge is 2.35. The van der Waals surface area contributed by atoms with Gasteiger partial charge in [-0.2, -0.15) is 0 Å². The van der Waals surface area contributed by atoms with E-state index in [9.17, 15) is 8.78 Å². The Morgan fingerprint density at radius 1 is 1.15 bits per heavy atom. The Kier molecular flexibility index (Phi) is 3.66. The molecule has 2 aliphatic carbocycles. The molecule has 6 nitrogen and oxygen atoms in total. The summed E-state index contributed by atoms with van der Waals surface area (Å²) in [7, 11) is 0. The SMILES string of the molecule is FC1(F)CCC(Nc2ncc3c(n2)CC=C3c2cnc3nccn3c2)CC1.[HH].[HH]. The molecule has 0 bridgehead atoms. The summed E-state index contributed by atoms with van der Waals surface area (Å²) in [4.78, 5) is 17.6. The Morgan fingerprint density at radius 3 is 2.85 bits per heavy atom. The van der Waals surface area contributed by atoms with E-state index in [0.29, 0.717) is 31.0 Å². The van der Waals surface area contributed by atoms with E-state index in [1.54, 1.807) is 18.6 Å². The van der Waals surface area contributed by atoms with Crippen LogP contribution in [0, 0.1) is 0 Å². The number of allylic oxidation sites excluding steroid dienone is 1. The number of hydrogen-bond acceptors (Lipinski definition) is 5. The number of fused-ring (bicyclic) bond motifs is 2. The van der Waals surface area contributed by atoms with Crippen molar-refractivity contribution >= 4 is 17.3 Å². The molecule has 2 aliphatic rings. The lowest BCUT2D eigenvalue weighted by molar-refractivity contribution is -0.0361. The van der Waals surface area contributed by atoms with Gasteiger partial charge in [-0.25, -0.2) is 28.7 Å². The Balaban J connectivity index is 0.00000120. The number of imidazole rings is 1. The predicted molar refractivity (Wildman–Crippen MR) is 101 cm³/mol. The maximum absolute atomic E-state index is 13.3. The Hall–Kier alpha value is -2.90. The monoisotopic (exact) mass is 372 g/mol. The number of anilines is 1. The largest absolute Gasteiger partial charge is 0.351 e. The Morgan fingerprint density at radius 2 is 2.00 bits per heavy atom. The summed E-state index contributed by atoms with van der Waals surface area (Å²) in [5, 5.41) is 3.22. The molecule has 0 radical (unpaired) electrons. The molecule has 0 atom stereocenters. The van der Waals surface area contributed by atoms with Gasteiger partial charge >= 0.3 is 0 Å². The molecule has 142 valence electrons. The minimum atomic E-state index is -2.53. The number of halogens is 2. The maximum Gasteiger partial charge on any atom is 0.248 e. The van der Waals surface area contributed by atoms with Crippen molar-refractivity contribution in [2.24, 2.45) is 0 Å². The molecule has 1 saturated carbocycles. The lowest BCUT2D eigenvalue weighted by Gasteiger charge is -2.28. The molecule has 0 amide bonds. The van der Waals surface area contributed by atoms with Gasteiger partial charge in [0.2, 0.25) is 17.6 Å². The van der Waals surface area contributed by atoms with Gasteiger partial charge in [0.05, 0.1) is 5.69 Å². The highest BCUT2D eigenvalue weighted by atomic mass is 19.3. The second kappa shape index (κ2) is 6.07. The molecular weight excluding hydrogens is 350 g/mol. The molecule has 1 N–H and O–H groups in total. The van der Waals surface area contributed by atoms with Gasteiger partial charge in [-0.15, -0.1) is 0 Å².